The van der Waals surface area contributed by atoms with Gasteiger partial charge in [-0.25, -0.2) is 9.78 Å². The molecule has 1 heterocycles. The van der Waals surface area contributed by atoms with Crippen LogP contribution in [0.1, 0.15) is 23.8 Å². The number of rotatable bonds is 6. The molecule has 8 nitrogen and oxygen atoms in total. The molecule has 0 saturated heterocycles. The quantitative estimate of drug-likeness (QED) is 0.426. The summed E-state index contributed by atoms with van der Waals surface area (Å²) in [6.07, 6.45) is 3.58. The van der Waals surface area contributed by atoms with Gasteiger partial charge in [-0.1, -0.05) is 0 Å². The third-order valence-corrected chi connectivity index (χ3v) is 1.86. The van der Waals surface area contributed by atoms with Gasteiger partial charge >= 0.3 is 11.9 Å². The first-order valence-corrected chi connectivity index (χ1v) is 5.49. The SMILES string of the molecule is CCOC(=O)CC(=O)NCOC(=O)c1cnccn1. The molecule has 0 spiro atoms. The van der Waals surface area contributed by atoms with E-state index in [1.54, 1.807) is 6.92 Å². The summed E-state index contributed by atoms with van der Waals surface area (Å²) in [5.74, 6) is -1.95. The molecule has 8 heteroatoms. The zero-order valence-corrected chi connectivity index (χ0v) is 10.3. The van der Waals surface area contributed by atoms with Gasteiger partial charge in [-0.2, -0.15) is 0 Å². The van der Waals surface area contributed by atoms with E-state index in [1.807, 2.05) is 0 Å². The van der Waals surface area contributed by atoms with Gasteiger partial charge in [0.25, 0.3) is 0 Å². The van der Waals surface area contributed by atoms with E-state index in [-0.39, 0.29) is 19.0 Å². The first kappa shape index (κ1) is 14.6. The molecule has 0 unspecified atom stereocenters. The first-order valence-electron chi connectivity index (χ1n) is 5.49. The van der Waals surface area contributed by atoms with Gasteiger partial charge < -0.3 is 14.8 Å². The average molecular weight is 267 g/mol. The van der Waals surface area contributed by atoms with E-state index in [0.717, 1.165) is 0 Å². The van der Waals surface area contributed by atoms with Crippen LogP contribution in [0, 0.1) is 0 Å². The van der Waals surface area contributed by atoms with Crippen LogP contribution in [-0.2, 0) is 19.1 Å². The van der Waals surface area contributed by atoms with Crippen molar-refractivity contribution in [1.82, 2.24) is 15.3 Å². The summed E-state index contributed by atoms with van der Waals surface area (Å²) in [4.78, 5) is 41.0. The molecule has 1 amide bonds. The van der Waals surface area contributed by atoms with Crippen LogP contribution in [0.25, 0.3) is 0 Å². The van der Waals surface area contributed by atoms with Crippen LogP contribution in [0.3, 0.4) is 0 Å². The van der Waals surface area contributed by atoms with Gasteiger partial charge in [0.1, 0.15) is 6.42 Å². The first-order chi connectivity index (χ1) is 9.13. The summed E-state index contributed by atoms with van der Waals surface area (Å²) in [6, 6.07) is 0. The Morgan fingerprint density at radius 1 is 1.26 bits per heavy atom. The van der Waals surface area contributed by atoms with Gasteiger partial charge in [0.2, 0.25) is 5.91 Å². The Kier molecular flexibility index (Phi) is 5.93. The van der Waals surface area contributed by atoms with Crippen molar-refractivity contribution in [2.45, 2.75) is 13.3 Å². The number of hydrogen-bond donors (Lipinski definition) is 1. The van der Waals surface area contributed by atoms with Crippen LogP contribution in [0.5, 0.6) is 0 Å². The van der Waals surface area contributed by atoms with Crippen LogP contribution >= 0.6 is 0 Å². The van der Waals surface area contributed by atoms with Gasteiger partial charge in [0.05, 0.1) is 12.8 Å². The molecule has 0 aliphatic heterocycles. The Bertz CT molecular complexity index is 449. The highest BCUT2D eigenvalue weighted by Crippen LogP contribution is 1.93. The van der Waals surface area contributed by atoms with E-state index in [0.29, 0.717) is 0 Å². The van der Waals surface area contributed by atoms with Crippen LogP contribution in [0.2, 0.25) is 0 Å². The summed E-state index contributed by atoms with van der Waals surface area (Å²) in [5.41, 5.74) is 0.0298. The van der Waals surface area contributed by atoms with Crippen molar-refractivity contribution in [3.63, 3.8) is 0 Å². The highest BCUT2D eigenvalue weighted by atomic mass is 16.5. The minimum absolute atomic E-state index is 0.0298. The van der Waals surface area contributed by atoms with Crippen LogP contribution in [-0.4, -0.2) is 41.2 Å². The largest absolute Gasteiger partial charge is 0.466 e. The predicted molar refractivity (Wildman–Crippen MR) is 61.7 cm³/mol. The number of ether oxygens (including phenoxy) is 2. The number of nitrogens with zero attached hydrogens (tertiary/aromatic N) is 2. The lowest BCUT2D eigenvalue weighted by Crippen LogP contribution is -2.30. The fourth-order valence-corrected chi connectivity index (χ4v) is 1.07. The molecule has 1 rings (SSSR count). The third kappa shape index (κ3) is 5.57. The highest BCUT2D eigenvalue weighted by Gasteiger charge is 2.12. The monoisotopic (exact) mass is 267 g/mol. The Balaban J connectivity index is 2.25. The molecule has 19 heavy (non-hydrogen) atoms. The van der Waals surface area contributed by atoms with Crippen molar-refractivity contribution in [2.75, 3.05) is 13.3 Å². The van der Waals surface area contributed by atoms with Gasteiger partial charge in [0, 0.05) is 12.4 Å². The van der Waals surface area contributed by atoms with E-state index >= 15 is 0 Å². The van der Waals surface area contributed by atoms with Crippen molar-refractivity contribution < 1.29 is 23.9 Å². The topological polar surface area (TPSA) is 107 Å². The fraction of sp³-hybridized carbons (Fsp3) is 0.364. The predicted octanol–water partition coefficient (Wildman–Crippen LogP) is -0.340. The Morgan fingerprint density at radius 2 is 2.05 bits per heavy atom. The minimum atomic E-state index is -0.718. The molecule has 0 bridgehead atoms. The zero-order chi connectivity index (χ0) is 14.1. The number of amides is 1. The zero-order valence-electron chi connectivity index (χ0n) is 10.3. The normalized spacial score (nSPS) is 9.53. The van der Waals surface area contributed by atoms with Crippen LogP contribution in [0.4, 0.5) is 0 Å². The number of carbonyl (C=O) groups excluding carboxylic acids is 3. The molecule has 0 atom stereocenters. The average Bonchev–Trinajstić information content (AvgIpc) is 2.39. The van der Waals surface area contributed by atoms with Crippen molar-refractivity contribution in [1.29, 1.82) is 0 Å². The summed E-state index contributed by atoms with van der Waals surface area (Å²) in [5, 5.41) is 2.24. The highest BCUT2D eigenvalue weighted by molar-refractivity contribution is 5.94. The lowest BCUT2D eigenvalue weighted by molar-refractivity contribution is -0.146. The smallest absolute Gasteiger partial charge is 0.360 e. The van der Waals surface area contributed by atoms with Gasteiger partial charge in [0.15, 0.2) is 12.4 Å². The maximum atomic E-state index is 11.4. The van der Waals surface area contributed by atoms with E-state index < -0.39 is 24.3 Å². The number of esters is 2. The third-order valence-electron chi connectivity index (χ3n) is 1.86. The Morgan fingerprint density at radius 3 is 2.68 bits per heavy atom. The number of hydrogen-bond acceptors (Lipinski definition) is 7. The molecular weight excluding hydrogens is 254 g/mol. The number of carbonyl (C=O) groups is 3. The summed E-state index contributed by atoms with van der Waals surface area (Å²) < 4.78 is 9.30. The van der Waals surface area contributed by atoms with Gasteiger partial charge in [-0.05, 0) is 6.92 Å². The minimum Gasteiger partial charge on any atom is -0.466 e. The van der Waals surface area contributed by atoms with Crippen molar-refractivity contribution in [2.24, 2.45) is 0 Å². The second-order valence-corrected chi connectivity index (χ2v) is 3.25. The van der Waals surface area contributed by atoms with Crippen molar-refractivity contribution in [3.8, 4) is 0 Å². The summed E-state index contributed by atoms with van der Waals surface area (Å²) in [6.45, 7) is 1.49. The second-order valence-electron chi connectivity index (χ2n) is 3.25. The van der Waals surface area contributed by atoms with Crippen molar-refractivity contribution >= 4 is 17.8 Å². The molecule has 0 aliphatic carbocycles. The number of aromatic nitrogens is 2. The summed E-state index contributed by atoms with van der Waals surface area (Å²) >= 11 is 0. The molecule has 0 saturated carbocycles. The van der Waals surface area contributed by atoms with Crippen LogP contribution < -0.4 is 5.32 Å². The van der Waals surface area contributed by atoms with E-state index in [4.69, 9.17) is 4.74 Å². The molecule has 0 aromatic carbocycles. The Hall–Kier alpha value is -2.51. The van der Waals surface area contributed by atoms with Crippen molar-refractivity contribution in [3.05, 3.63) is 24.3 Å². The molecule has 102 valence electrons. The van der Waals surface area contributed by atoms with Crippen LogP contribution in [0.15, 0.2) is 18.6 Å². The van der Waals surface area contributed by atoms with E-state index in [9.17, 15) is 14.4 Å². The van der Waals surface area contributed by atoms with E-state index in [2.05, 4.69) is 20.0 Å². The standard InChI is InChI=1S/C11H13N3O5/c1-2-18-10(16)5-9(15)14-7-19-11(17)8-6-12-3-4-13-8/h3-4,6H,2,5,7H2,1H3,(H,14,15). The maximum Gasteiger partial charge on any atom is 0.360 e. The Labute approximate surface area is 109 Å². The van der Waals surface area contributed by atoms with Gasteiger partial charge in [-0.3, -0.25) is 14.6 Å². The maximum absolute atomic E-state index is 11.4. The molecule has 1 aromatic heterocycles. The van der Waals surface area contributed by atoms with Gasteiger partial charge in [-0.15, -0.1) is 0 Å². The molecule has 1 N–H and O–H groups in total. The lowest BCUT2D eigenvalue weighted by atomic mass is 10.4. The lowest BCUT2D eigenvalue weighted by Gasteiger charge is -2.06. The molecule has 0 radical (unpaired) electrons. The number of nitrogens with one attached hydrogen (secondary N) is 1. The molecular formula is C11H13N3O5. The summed E-state index contributed by atoms with van der Waals surface area (Å²) in [7, 11) is 0. The second kappa shape index (κ2) is 7.75. The molecule has 0 aliphatic rings. The fourth-order valence-electron chi connectivity index (χ4n) is 1.07. The molecule has 0 fully saturated rings. The molecule has 1 aromatic rings. The van der Waals surface area contributed by atoms with E-state index in [1.165, 1.54) is 18.6 Å².